The molecule has 0 bridgehead atoms. The molecule has 2 atom stereocenters. The number of ether oxygens (including phenoxy) is 1. The van der Waals surface area contributed by atoms with Crippen molar-refractivity contribution in [3.8, 4) is 23.2 Å². The molecule has 2 unspecified atom stereocenters. The number of carbonyl (C=O) groups excluding carboxylic acids is 1. The summed E-state index contributed by atoms with van der Waals surface area (Å²) in [5.74, 6) is 1.28. The standard InChI is InChI=1S/C26H31N5O2S/c1-18(2)26(4,17-27)28-24(32)19(3)34-25-30-29-23(21-11-13-22(33-5)14-12-21)31(25)16-15-20-9-7-6-8-10-20/h6-14,18-19H,15-16H2,1-5H3,(H,28,32). The van der Waals surface area contributed by atoms with Crippen LogP contribution in [0.5, 0.6) is 5.75 Å². The second kappa shape index (κ2) is 11.2. The van der Waals surface area contributed by atoms with Crippen LogP contribution in [0.3, 0.4) is 0 Å². The van der Waals surface area contributed by atoms with E-state index in [0.29, 0.717) is 11.7 Å². The van der Waals surface area contributed by atoms with Gasteiger partial charge in [-0.2, -0.15) is 5.26 Å². The van der Waals surface area contributed by atoms with Crippen LogP contribution in [0.15, 0.2) is 59.8 Å². The van der Waals surface area contributed by atoms with E-state index < -0.39 is 10.8 Å². The van der Waals surface area contributed by atoms with Gasteiger partial charge in [0.2, 0.25) is 5.91 Å². The Morgan fingerprint density at radius 2 is 1.82 bits per heavy atom. The van der Waals surface area contributed by atoms with Gasteiger partial charge in [0.05, 0.1) is 18.4 Å². The Hall–Kier alpha value is -3.31. The van der Waals surface area contributed by atoms with Gasteiger partial charge in [-0.15, -0.1) is 10.2 Å². The van der Waals surface area contributed by atoms with Gasteiger partial charge < -0.3 is 14.6 Å². The maximum Gasteiger partial charge on any atom is 0.234 e. The topological polar surface area (TPSA) is 92.8 Å². The van der Waals surface area contributed by atoms with Crippen molar-refractivity contribution in [1.82, 2.24) is 20.1 Å². The van der Waals surface area contributed by atoms with Gasteiger partial charge in [0.1, 0.15) is 11.3 Å². The molecule has 0 radical (unpaired) electrons. The summed E-state index contributed by atoms with van der Waals surface area (Å²) in [6.07, 6.45) is 0.802. The molecule has 8 heteroatoms. The number of aryl methyl sites for hydroxylation is 1. The zero-order valence-corrected chi connectivity index (χ0v) is 21.1. The summed E-state index contributed by atoms with van der Waals surface area (Å²) >= 11 is 1.34. The van der Waals surface area contributed by atoms with E-state index in [1.807, 2.05) is 63.2 Å². The molecule has 1 amide bonds. The number of aromatic nitrogens is 3. The fourth-order valence-corrected chi connectivity index (χ4v) is 4.16. The lowest BCUT2D eigenvalue weighted by Crippen LogP contribution is -2.51. The quantitative estimate of drug-likeness (QED) is 0.424. The zero-order chi connectivity index (χ0) is 24.7. The Balaban J connectivity index is 1.86. The number of thioether (sulfide) groups is 1. The van der Waals surface area contributed by atoms with Crippen LogP contribution >= 0.6 is 11.8 Å². The number of nitriles is 1. The van der Waals surface area contributed by atoms with E-state index >= 15 is 0 Å². The van der Waals surface area contributed by atoms with Gasteiger partial charge in [0.15, 0.2) is 11.0 Å². The minimum Gasteiger partial charge on any atom is -0.497 e. The van der Waals surface area contributed by atoms with E-state index in [4.69, 9.17) is 4.74 Å². The van der Waals surface area contributed by atoms with Crippen LogP contribution < -0.4 is 10.1 Å². The number of methoxy groups -OCH3 is 1. The summed E-state index contributed by atoms with van der Waals surface area (Å²) in [6, 6.07) is 20.1. The number of hydrogen-bond donors (Lipinski definition) is 1. The lowest BCUT2D eigenvalue weighted by molar-refractivity contribution is -0.121. The minimum absolute atomic E-state index is 0.0187. The maximum atomic E-state index is 12.9. The first-order chi connectivity index (χ1) is 16.3. The predicted molar refractivity (Wildman–Crippen MR) is 134 cm³/mol. The molecule has 0 saturated heterocycles. The minimum atomic E-state index is -0.929. The number of rotatable bonds is 10. The highest BCUT2D eigenvalue weighted by atomic mass is 32.2. The van der Waals surface area contributed by atoms with Crippen LogP contribution in [0.2, 0.25) is 0 Å². The summed E-state index contributed by atoms with van der Waals surface area (Å²) in [4.78, 5) is 12.9. The Bertz CT molecular complexity index is 1140. The SMILES string of the molecule is COc1ccc(-c2nnc(SC(C)C(=O)NC(C)(C#N)C(C)C)n2CCc2ccccc2)cc1. The predicted octanol–water partition coefficient (Wildman–Crippen LogP) is 4.73. The van der Waals surface area contributed by atoms with Crippen LogP contribution in [-0.2, 0) is 17.8 Å². The lowest BCUT2D eigenvalue weighted by atomic mass is 9.90. The van der Waals surface area contributed by atoms with E-state index in [0.717, 1.165) is 23.6 Å². The van der Waals surface area contributed by atoms with Crippen molar-refractivity contribution in [3.63, 3.8) is 0 Å². The molecular formula is C26H31N5O2S. The van der Waals surface area contributed by atoms with E-state index in [9.17, 15) is 10.1 Å². The van der Waals surface area contributed by atoms with Gasteiger partial charge in [-0.1, -0.05) is 55.9 Å². The van der Waals surface area contributed by atoms with Crippen LogP contribution in [0.25, 0.3) is 11.4 Å². The molecule has 0 fully saturated rings. The summed E-state index contributed by atoms with van der Waals surface area (Å²) in [5, 5.41) is 21.5. The second-order valence-electron chi connectivity index (χ2n) is 8.64. The van der Waals surface area contributed by atoms with Crippen molar-refractivity contribution in [1.29, 1.82) is 5.26 Å². The van der Waals surface area contributed by atoms with Gasteiger partial charge in [0, 0.05) is 12.1 Å². The van der Waals surface area contributed by atoms with Crippen molar-refractivity contribution in [3.05, 3.63) is 60.2 Å². The average Bonchev–Trinajstić information content (AvgIpc) is 3.25. The highest BCUT2D eigenvalue weighted by Crippen LogP contribution is 2.29. The van der Waals surface area contributed by atoms with Crippen molar-refractivity contribution in [2.24, 2.45) is 5.92 Å². The van der Waals surface area contributed by atoms with E-state index in [2.05, 4.69) is 38.3 Å². The molecule has 0 spiro atoms. The van der Waals surface area contributed by atoms with Gasteiger partial charge in [-0.3, -0.25) is 4.79 Å². The Labute approximate surface area is 205 Å². The molecule has 0 aliphatic heterocycles. The fraction of sp³-hybridized carbons (Fsp3) is 0.385. The Morgan fingerprint density at radius 1 is 1.15 bits per heavy atom. The number of nitrogens with one attached hydrogen (secondary N) is 1. The van der Waals surface area contributed by atoms with Gasteiger partial charge in [-0.05, 0) is 56.0 Å². The molecule has 3 rings (SSSR count). The largest absolute Gasteiger partial charge is 0.497 e. The van der Waals surface area contributed by atoms with E-state index in [1.54, 1.807) is 14.0 Å². The molecule has 3 aromatic rings. The second-order valence-corrected chi connectivity index (χ2v) is 9.95. The van der Waals surface area contributed by atoms with Crippen molar-refractivity contribution in [2.75, 3.05) is 7.11 Å². The molecular weight excluding hydrogens is 446 g/mol. The highest BCUT2D eigenvalue weighted by molar-refractivity contribution is 8.00. The molecule has 178 valence electrons. The normalized spacial score (nSPS) is 13.7. The molecule has 1 aromatic heterocycles. The molecule has 1 N–H and O–H groups in total. The molecule has 0 aliphatic carbocycles. The highest BCUT2D eigenvalue weighted by Gasteiger charge is 2.32. The first-order valence-corrected chi connectivity index (χ1v) is 12.2. The third-order valence-corrected chi connectivity index (χ3v) is 7.03. The summed E-state index contributed by atoms with van der Waals surface area (Å²) < 4.78 is 7.33. The number of hydrogen-bond acceptors (Lipinski definition) is 6. The molecule has 7 nitrogen and oxygen atoms in total. The molecule has 1 heterocycles. The fourth-order valence-electron chi connectivity index (χ4n) is 3.29. The summed E-state index contributed by atoms with van der Waals surface area (Å²) in [7, 11) is 1.63. The zero-order valence-electron chi connectivity index (χ0n) is 20.3. The van der Waals surface area contributed by atoms with Crippen LogP contribution in [0.4, 0.5) is 0 Å². The maximum absolute atomic E-state index is 12.9. The summed E-state index contributed by atoms with van der Waals surface area (Å²) in [5.41, 5.74) is 1.20. The number of nitrogens with zero attached hydrogens (tertiary/aromatic N) is 4. The molecule has 0 aliphatic rings. The smallest absolute Gasteiger partial charge is 0.234 e. The summed E-state index contributed by atoms with van der Waals surface area (Å²) in [6.45, 7) is 8.07. The van der Waals surface area contributed by atoms with Crippen molar-refractivity contribution in [2.45, 2.75) is 56.6 Å². The van der Waals surface area contributed by atoms with Gasteiger partial charge in [0.25, 0.3) is 0 Å². The van der Waals surface area contributed by atoms with Crippen LogP contribution in [-0.4, -0.2) is 38.6 Å². The number of benzene rings is 2. The molecule has 2 aromatic carbocycles. The van der Waals surface area contributed by atoms with Crippen molar-refractivity contribution < 1.29 is 9.53 Å². The first kappa shape index (κ1) is 25.3. The third kappa shape index (κ3) is 5.97. The number of carbonyl (C=O) groups is 1. The number of amides is 1. The third-order valence-electron chi connectivity index (χ3n) is 5.95. The Morgan fingerprint density at radius 3 is 2.41 bits per heavy atom. The van der Waals surface area contributed by atoms with Gasteiger partial charge >= 0.3 is 0 Å². The van der Waals surface area contributed by atoms with E-state index in [1.165, 1.54) is 17.3 Å². The van der Waals surface area contributed by atoms with Crippen molar-refractivity contribution >= 4 is 17.7 Å². The monoisotopic (exact) mass is 477 g/mol. The van der Waals surface area contributed by atoms with E-state index in [-0.39, 0.29) is 11.8 Å². The molecule has 0 saturated carbocycles. The Kier molecular flexibility index (Phi) is 8.35. The van der Waals surface area contributed by atoms with Crippen LogP contribution in [0, 0.1) is 17.2 Å². The lowest BCUT2D eigenvalue weighted by Gasteiger charge is -2.28. The van der Waals surface area contributed by atoms with Gasteiger partial charge in [-0.25, -0.2) is 0 Å². The first-order valence-electron chi connectivity index (χ1n) is 11.3. The molecule has 34 heavy (non-hydrogen) atoms. The van der Waals surface area contributed by atoms with Crippen LogP contribution in [0.1, 0.15) is 33.3 Å². The average molecular weight is 478 g/mol.